The van der Waals surface area contributed by atoms with E-state index in [-0.39, 0.29) is 0 Å². The van der Waals surface area contributed by atoms with E-state index in [0.717, 1.165) is 61.5 Å². The van der Waals surface area contributed by atoms with Gasteiger partial charge in [0.1, 0.15) is 11.6 Å². The Bertz CT molecular complexity index is 778. The van der Waals surface area contributed by atoms with Gasteiger partial charge in [-0.2, -0.15) is 0 Å². The van der Waals surface area contributed by atoms with Crippen molar-refractivity contribution in [1.29, 1.82) is 0 Å². The maximum Gasteiger partial charge on any atom is 0.225 e. The number of hydrogen-bond donors (Lipinski definition) is 0. The number of nitrogens with zero attached hydrogens (tertiary/aromatic N) is 3. The number of piperazine rings is 1. The van der Waals surface area contributed by atoms with Crippen molar-refractivity contribution in [1.82, 2.24) is 9.88 Å². The number of benzene rings is 1. The highest BCUT2D eigenvalue weighted by atomic mass is 16.5. The highest BCUT2D eigenvalue weighted by Crippen LogP contribution is 2.32. The number of anilines is 1. The van der Waals surface area contributed by atoms with Gasteiger partial charge < -0.3 is 14.5 Å². The molecule has 1 aliphatic heterocycles. The van der Waals surface area contributed by atoms with Gasteiger partial charge in [-0.05, 0) is 43.5 Å². The maximum absolute atomic E-state index is 12.2. The lowest BCUT2D eigenvalue weighted by Crippen LogP contribution is -2.49. The molecule has 2 fully saturated rings. The Morgan fingerprint density at radius 1 is 1.17 bits per heavy atom. The molecule has 5 heteroatoms. The first kappa shape index (κ1) is 15.2. The van der Waals surface area contributed by atoms with E-state index in [4.69, 9.17) is 9.72 Å². The molecule has 1 saturated carbocycles. The third-order valence-electron chi connectivity index (χ3n) is 5.05. The van der Waals surface area contributed by atoms with Crippen molar-refractivity contribution in [2.45, 2.75) is 19.8 Å². The van der Waals surface area contributed by atoms with Gasteiger partial charge in [0.25, 0.3) is 0 Å². The number of carbonyl (C=O) groups excluding carboxylic acids is 1. The molecule has 1 amide bonds. The molecule has 1 saturated heterocycles. The quantitative estimate of drug-likeness (QED) is 0.870. The van der Waals surface area contributed by atoms with Crippen molar-refractivity contribution in [3.8, 4) is 5.75 Å². The van der Waals surface area contributed by atoms with Crippen LogP contribution in [-0.4, -0.2) is 49.1 Å². The van der Waals surface area contributed by atoms with Crippen LogP contribution >= 0.6 is 0 Å². The molecule has 2 aromatic rings. The monoisotopic (exact) mass is 325 g/mol. The van der Waals surface area contributed by atoms with Crippen molar-refractivity contribution in [2.75, 3.05) is 38.2 Å². The molecule has 4 rings (SSSR count). The molecule has 1 aromatic carbocycles. The van der Waals surface area contributed by atoms with Crippen LogP contribution in [0.5, 0.6) is 5.75 Å². The number of carbonyl (C=O) groups is 1. The van der Waals surface area contributed by atoms with E-state index in [1.807, 2.05) is 17.0 Å². The number of ether oxygens (including phenoxy) is 1. The van der Waals surface area contributed by atoms with Gasteiger partial charge in [0, 0.05) is 43.5 Å². The first-order valence-electron chi connectivity index (χ1n) is 8.65. The van der Waals surface area contributed by atoms with Crippen molar-refractivity contribution >= 4 is 22.6 Å². The zero-order valence-corrected chi connectivity index (χ0v) is 14.3. The van der Waals surface area contributed by atoms with Crippen LogP contribution in [0, 0.1) is 12.8 Å². The number of aryl methyl sites for hydroxylation is 1. The molecule has 126 valence electrons. The van der Waals surface area contributed by atoms with Crippen LogP contribution < -0.4 is 9.64 Å². The molecule has 0 spiro atoms. The van der Waals surface area contributed by atoms with Gasteiger partial charge in [-0.15, -0.1) is 0 Å². The van der Waals surface area contributed by atoms with Crippen molar-refractivity contribution in [3.63, 3.8) is 0 Å². The molecular formula is C19H23N3O2. The van der Waals surface area contributed by atoms with Crippen molar-refractivity contribution in [2.24, 2.45) is 5.92 Å². The summed E-state index contributed by atoms with van der Waals surface area (Å²) in [5, 5.41) is 1.15. The zero-order chi connectivity index (χ0) is 16.7. The number of rotatable bonds is 3. The summed E-state index contributed by atoms with van der Waals surface area (Å²) in [6, 6.07) is 8.16. The Morgan fingerprint density at radius 2 is 1.92 bits per heavy atom. The molecule has 24 heavy (non-hydrogen) atoms. The minimum atomic E-state index is 0.310. The van der Waals surface area contributed by atoms with Gasteiger partial charge >= 0.3 is 0 Å². The highest BCUT2D eigenvalue weighted by Gasteiger charge is 2.34. The maximum atomic E-state index is 12.2. The summed E-state index contributed by atoms with van der Waals surface area (Å²) in [7, 11) is 1.67. The summed E-state index contributed by atoms with van der Waals surface area (Å²) >= 11 is 0. The molecule has 1 aromatic heterocycles. The molecule has 1 aliphatic carbocycles. The minimum absolute atomic E-state index is 0.310. The molecule has 2 heterocycles. The third-order valence-corrected chi connectivity index (χ3v) is 5.05. The normalized spacial score (nSPS) is 18.1. The van der Waals surface area contributed by atoms with E-state index < -0.39 is 0 Å². The SMILES string of the molecule is COc1ccc2c(C)cc(N3CCN(C(=O)C4CC4)CC3)nc2c1. The van der Waals surface area contributed by atoms with E-state index in [9.17, 15) is 4.79 Å². The van der Waals surface area contributed by atoms with E-state index in [1.54, 1.807) is 7.11 Å². The molecule has 2 aliphatic rings. The molecule has 0 unspecified atom stereocenters. The second-order valence-electron chi connectivity index (χ2n) is 6.77. The van der Waals surface area contributed by atoms with Crippen LogP contribution in [0.25, 0.3) is 10.9 Å². The zero-order valence-electron chi connectivity index (χ0n) is 14.3. The molecule has 5 nitrogen and oxygen atoms in total. The van der Waals surface area contributed by atoms with Crippen LogP contribution in [0.4, 0.5) is 5.82 Å². The lowest BCUT2D eigenvalue weighted by Gasteiger charge is -2.35. The Hall–Kier alpha value is -2.30. The Balaban J connectivity index is 1.54. The summed E-state index contributed by atoms with van der Waals surface area (Å²) < 4.78 is 5.32. The molecule has 0 radical (unpaired) electrons. The number of methoxy groups -OCH3 is 1. The second-order valence-corrected chi connectivity index (χ2v) is 6.77. The number of fused-ring (bicyclic) bond motifs is 1. The smallest absolute Gasteiger partial charge is 0.225 e. The molecule has 0 bridgehead atoms. The van der Waals surface area contributed by atoms with Crippen molar-refractivity contribution in [3.05, 3.63) is 29.8 Å². The Kier molecular flexibility index (Phi) is 3.79. The molecule has 0 N–H and O–H groups in total. The number of amides is 1. The van der Waals surface area contributed by atoms with E-state index in [2.05, 4.69) is 24.0 Å². The lowest BCUT2D eigenvalue weighted by atomic mass is 10.1. The van der Waals surface area contributed by atoms with E-state index in [0.29, 0.717) is 11.8 Å². The summed E-state index contributed by atoms with van der Waals surface area (Å²) in [6.07, 6.45) is 2.15. The lowest BCUT2D eigenvalue weighted by molar-refractivity contribution is -0.132. The summed E-state index contributed by atoms with van der Waals surface area (Å²) in [4.78, 5) is 21.3. The average Bonchev–Trinajstić information content (AvgIpc) is 3.45. The summed E-state index contributed by atoms with van der Waals surface area (Å²) in [5.41, 5.74) is 2.18. The van der Waals surface area contributed by atoms with Crippen LogP contribution in [-0.2, 0) is 4.79 Å². The second kappa shape index (κ2) is 5.96. The standard InChI is InChI=1S/C19H23N3O2/c1-13-11-18(20-17-12-15(24-2)5-6-16(13)17)21-7-9-22(10-8-21)19(23)14-3-4-14/h5-6,11-12,14H,3-4,7-10H2,1-2H3. The van der Waals surface area contributed by atoms with Crippen LogP contribution in [0.15, 0.2) is 24.3 Å². The largest absolute Gasteiger partial charge is 0.497 e. The van der Waals surface area contributed by atoms with Gasteiger partial charge in [-0.3, -0.25) is 4.79 Å². The fourth-order valence-corrected chi connectivity index (χ4v) is 3.40. The third kappa shape index (κ3) is 2.79. The molecule has 0 atom stereocenters. The summed E-state index contributed by atoms with van der Waals surface area (Å²) in [5.74, 6) is 2.48. The van der Waals surface area contributed by atoms with Gasteiger partial charge in [0.15, 0.2) is 0 Å². The van der Waals surface area contributed by atoms with Gasteiger partial charge in [-0.25, -0.2) is 4.98 Å². The van der Waals surface area contributed by atoms with Gasteiger partial charge in [-0.1, -0.05) is 0 Å². The first-order chi connectivity index (χ1) is 11.7. The van der Waals surface area contributed by atoms with Crippen LogP contribution in [0.2, 0.25) is 0 Å². The minimum Gasteiger partial charge on any atom is -0.497 e. The Morgan fingerprint density at radius 3 is 2.58 bits per heavy atom. The van der Waals surface area contributed by atoms with Gasteiger partial charge in [0.05, 0.1) is 12.6 Å². The predicted molar refractivity (Wildman–Crippen MR) is 94.5 cm³/mol. The fourth-order valence-electron chi connectivity index (χ4n) is 3.40. The highest BCUT2D eigenvalue weighted by molar-refractivity contribution is 5.85. The average molecular weight is 325 g/mol. The topological polar surface area (TPSA) is 45.7 Å². The first-order valence-corrected chi connectivity index (χ1v) is 8.65. The number of hydrogen-bond acceptors (Lipinski definition) is 4. The number of pyridine rings is 1. The van der Waals surface area contributed by atoms with Gasteiger partial charge in [0.2, 0.25) is 5.91 Å². The van der Waals surface area contributed by atoms with Crippen molar-refractivity contribution < 1.29 is 9.53 Å². The fraction of sp³-hybridized carbons (Fsp3) is 0.474. The Labute approximate surface area is 142 Å². The van der Waals surface area contributed by atoms with E-state index >= 15 is 0 Å². The van der Waals surface area contributed by atoms with Crippen LogP contribution in [0.1, 0.15) is 18.4 Å². The van der Waals surface area contributed by atoms with E-state index in [1.165, 1.54) is 5.56 Å². The number of aromatic nitrogens is 1. The predicted octanol–water partition coefficient (Wildman–Crippen LogP) is 2.61. The van der Waals surface area contributed by atoms with Crippen LogP contribution in [0.3, 0.4) is 0 Å². The molecular weight excluding hydrogens is 302 g/mol. The summed E-state index contributed by atoms with van der Waals surface area (Å²) in [6.45, 7) is 5.41.